The molecule has 3 heterocycles. The molecule has 0 bridgehead atoms. The molecule has 0 unspecified atom stereocenters. The van der Waals surface area contributed by atoms with Crippen molar-refractivity contribution in [1.82, 2.24) is 14.8 Å². The molecule has 2 aromatic rings. The first-order chi connectivity index (χ1) is 13.9. The third-order valence-electron chi connectivity index (χ3n) is 5.87. The fourth-order valence-corrected chi connectivity index (χ4v) is 4.35. The van der Waals surface area contributed by atoms with Crippen LogP contribution in [0.3, 0.4) is 0 Å². The fourth-order valence-electron chi connectivity index (χ4n) is 4.35. The summed E-state index contributed by atoms with van der Waals surface area (Å²) in [5.41, 5.74) is -0.551. The van der Waals surface area contributed by atoms with Crippen LogP contribution in [0.4, 0.5) is 8.78 Å². The summed E-state index contributed by atoms with van der Waals surface area (Å²) in [6, 6.07) is 6.71. The molecule has 29 heavy (non-hydrogen) atoms. The molecule has 2 amide bonds. The van der Waals surface area contributed by atoms with E-state index >= 15 is 0 Å². The van der Waals surface area contributed by atoms with Crippen LogP contribution in [0.2, 0.25) is 0 Å². The number of benzene rings is 1. The molecule has 6 nitrogen and oxygen atoms in total. The van der Waals surface area contributed by atoms with Crippen molar-refractivity contribution < 1.29 is 18.4 Å². The number of carbonyl (C=O) groups is 2. The molecular formula is C21H21F2N3O3. The minimum atomic E-state index is -0.938. The number of halogens is 2. The first kappa shape index (κ1) is 19.3. The predicted octanol–water partition coefficient (Wildman–Crippen LogP) is 2.31. The molecule has 2 fully saturated rings. The normalized spacial score (nSPS) is 21.8. The molecule has 0 aliphatic carbocycles. The van der Waals surface area contributed by atoms with Crippen LogP contribution in [0.1, 0.15) is 35.2 Å². The lowest BCUT2D eigenvalue weighted by Gasteiger charge is -2.39. The van der Waals surface area contributed by atoms with Crippen LogP contribution < -0.4 is 5.56 Å². The number of likely N-dealkylation sites (tertiary alicyclic amines) is 2. The van der Waals surface area contributed by atoms with Crippen molar-refractivity contribution in [2.45, 2.75) is 25.8 Å². The largest absolute Gasteiger partial charge is 0.338 e. The summed E-state index contributed by atoms with van der Waals surface area (Å²) in [6.45, 7) is 1.39. The summed E-state index contributed by atoms with van der Waals surface area (Å²) in [5, 5.41) is 0. The van der Waals surface area contributed by atoms with Gasteiger partial charge in [0.2, 0.25) is 5.91 Å². The van der Waals surface area contributed by atoms with E-state index < -0.39 is 22.6 Å². The summed E-state index contributed by atoms with van der Waals surface area (Å²) < 4.78 is 26.7. The molecule has 2 aliphatic rings. The van der Waals surface area contributed by atoms with Crippen LogP contribution in [0.25, 0.3) is 0 Å². The molecular weight excluding hydrogens is 380 g/mol. The number of amides is 2. The molecule has 1 N–H and O–H groups in total. The van der Waals surface area contributed by atoms with Gasteiger partial charge in [0.05, 0.1) is 5.41 Å². The van der Waals surface area contributed by atoms with E-state index in [9.17, 15) is 23.2 Å². The van der Waals surface area contributed by atoms with Gasteiger partial charge in [-0.05, 0) is 49.1 Å². The number of nitrogens with zero attached hydrogens (tertiary/aromatic N) is 2. The average molecular weight is 401 g/mol. The van der Waals surface area contributed by atoms with Gasteiger partial charge in [-0.3, -0.25) is 14.4 Å². The van der Waals surface area contributed by atoms with Gasteiger partial charge in [0.25, 0.3) is 11.5 Å². The molecule has 0 radical (unpaired) electrons. The van der Waals surface area contributed by atoms with Crippen molar-refractivity contribution in [3.63, 3.8) is 0 Å². The highest BCUT2D eigenvalue weighted by molar-refractivity contribution is 5.95. The van der Waals surface area contributed by atoms with Crippen molar-refractivity contribution in [1.29, 1.82) is 0 Å². The molecule has 2 aliphatic heterocycles. The summed E-state index contributed by atoms with van der Waals surface area (Å²) >= 11 is 0. The average Bonchev–Trinajstić information content (AvgIpc) is 3.13. The monoisotopic (exact) mass is 401 g/mol. The van der Waals surface area contributed by atoms with E-state index in [1.165, 1.54) is 18.3 Å². The van der Waals surface area contributed by atoms with Crippen LogP contribution in [-0.4, -0.2) is 46.2 Å². The third kappa shape index (κ3) is 3.54. The number of hydrogen-bond acceptors (Lipinski definition) is 3. The molecule has 8 heteroatoms. The minimum absolute atomic E-state index is 0.0615. The van der Waals surface area contributed by atoms with E-state index in [0.29, 0.717) is 31.5 Å². The van der Waals surface area contributed by atoms with E-state index in [4.69, 9.17) is 0 Å². The molecule has 152 valence electrons. The number of rotatable bonds is 3. The Kier molecular flexibility index (Phi) is 4.94. The van der Waals surface area contributed by atoms with Gasteiger partial charge >= 0.3 is 0 Å². The second kappa shape index (κ2) is 7.42. The SMILES string of the molecule is O=C(c1ccc[nH]c1=O)N1CC[C@@]2(CCCN(Cc3ccc(F)c(F)c3)C2=O)C1. The van der Waals surface area contributed by atoms with Gasteiger partial charge in [-0.1, -0.05) is 6.07 Å². The number of piperidine rings is 1. The Labute approximate surface area is 166 Å². The predicted molar refractivity (Wildman–Crippen MR) is 101 cm³/mol. The standard InChI is InChI=1S/C21H21F2N3O3/c22-16-5-4-14(11-17(16)23)12-25-9-2-6-21(20(25)29)7-10-26(13-21)19(28)15-3-1-8-24-18(15)27/h1,3-5,8,11H,2,6-7,9-10,12-13H2,(H,24,27)/t21-/m0/s1. The second-order valence-corrected chi connectivity index (χ2v) is 7.75. The lowest BCUT2D eigenvalue weighted by Crippen LogP contribution is -2.50. The lowest BCUT2D eigenvalue weighted by molar-refractivity contribution is -0.146. The van der Waals surface area contributed by atoms with Crippen LogP contribution in [0.5, 0.6) is 0 Å². The summed E-state index contributed by atoms with van der Waals surface area (Å²) in [7, 11) is 0. The van der Waals surface area contributed by atoms with Crippen molar-refractivity contribution in [3.05, 3.63) is 69.6 Å². The zero-order valence-electron chi connectivity index (χ0n) is 15.8. The van der Waals surface area contributed by atoms with E-state index in [1.54, 1.807) is 15.9 Å². The highest BCUT2D eigenvalue weighted by Crippen LogP contribution is 2.40. The quantitative estimate of drug-likeness (QED) is 0.858. The van der Waals surface area contributed by atoms with Crippen molar-refractivity contribution in [3.8, 4) is 0 Å². The van der Waals surface area contributed by atoms with Crippen molar-refractivity contribution in [2.24, 2.45) is 5.41 Å². The van der Waals surface area contributed by atoms with E-state index in [-0.39, 0.29) is 30.5 Å². The maximum absolute atomic E-state index is 13.5. The topological polar surface area (TPSA) is 73.5 Å². The van der Waals surface area contributed by atoms with E-state index in [0.717, 1.165) is 18.6 Å². The van der Waals surface area contributed by atoms with Crippen LogP contribution >= 0.6 is 0 Å². The zero-order valence-corrected chi connectivity index (χ0v) is 15.8. The number of carbonyl (C=O) groups excluding carboxylic acids is 2. The highest BCUT2D eigenvalue weighted by atomic mass is 19.2. The van der Waals surface area contributed by atoms with Gasteiger partial charge in [-0.25, -0.2) is 8.78 Å². The van der Waals surface area contributed by atoms with E-state index in [1.807, 2.05) is 0 Å². The number of H-pyrrole nitrogens is 1. The van der Waals surface area contributed by atoms with Crippen LogP contribution in [-0.2, 0) is 11.3 Å². The number of pyridine rings is 1. The maximum atomic E-state index is 13.5. The van der Waals surface area contributed by atoms with Gasteiger partial charge < -0.3 is 14.8 Å². The Bertz CT molecular complexity index is 1020. The molecule has 0 saturated carbocycles. The Morgan fingerprint density at radius 1 is 1.10 bits per heavy atom. The summed E-state index contributed by atoms with van der Waals surface area (Å²) in [4.78, 5) is 43.6. The van der Waals surface area contributed by atoms with Crippen molar-refractivity contribution >= 4 is 11.8 Å². The Balaban J connectivity index is 1.50. The van der Waals surface area contributed by atoms with E-state index in [2.05, 4.69) is 4.98 Å². The Hall–Kier alpha value is -3.03. The van der Waals surface area contributed by atoms with Crippen LogP contribution in [0, 0.1) is 17.0 Å². The number of aromatic amines is 1. The Morgan fingerprint density at radius 2 is 1.93 bits per heavy atom. The number of hydrogen-bond donors (Lipinski definition) is 1. The number of nitrogens with one attached hydrogen (secondary N) is 1. The molecule has 1 aromatic heterocycles. The van der Waals surface area contributed by atoms with Gasteiger partial charge in [0.15, 0.2) is 11.6 Å². The molecule has 1 spiro atoms. The molecule has 1 atom stereocenters. The highest BCUT2D eigenvalue weighted by Gasteiger charge is 2.49. The third-order valence-corrected chi connectivity index (χ3v) is 5.87. The van der Waals surface area contributed by atoms with Crippen LogP contribution in [0.15, 0.2) is 41.3 Å². The second-order valence-electron chi connectivity index (χ2n) is 7.75. The van der Waals surface area contributed by atoms with Crippen molar-refractivity contribution in [2.75, 3.05) is 19.6 Å². The zero-order chi connectivity index (χ0) is 20.6. The minimum Gasteiger partial charge on any atom is -0.338 e. The lowest BCUT2D eigenvalue weighted by atomic mass is 9.78. The molecule has 4 rings (SSSR count). The first-order valence-electron chi connectivity index (χ1n) is 9.60. The smallest absolute Gasteiger partial charge is 0.260 e. The first-order valence-corrected chi connectivity index (χ1v) is 9.60. The fraction of sp³-hybridized carbons (Fsp3) is 0.381. The van der Waals surface area contributed by atoms with Gasteiger partial charge in [-0.2, -0.15) is 0 Å². The number of aromatic nitrogens is 1. The maximum Gasteiger partial charge on any atom is 0.260 e. The molecule has 2 saturated heterocycles. The summed E-state index contributed by atoms with van der Waals surface area (Å²) in [5.74, 6) is -2.32. The van der Waals surface area contributed by atoms with Gasteiger partial charge in [0.1, 0.15) is 5.56 Å². The summed E-state index contributed by atoms with van der Waals surface area (Å²) in [6.07, 6.45) is 3.42. The van der Waals surface area contributed by atoms with Gasteiger partial charge in [0, 0.05) is 32.4 Å². The molecule has 1 aromatic carbocycles. The Morgan fingerprint density at radius 3 is 2.69 bits per heavy atom. The van der Waals surface area contributed by atoms with Gasteiger partial charge in [-0.15, -0.1) is 0 Å².